The molecule has 2 aromatic rings. The number of urea groups is 1. The number of nitrogens with zero attached hydrogens (tertiary/aromatic N) is 5. The highest BCUT2D eigenvalue weighted by Gasteiger charge is 2.65. The zero-order chi connectivity index (χ0) is 41.3. The number of piperazine rings is 1. The Morgan fingerprint density at radius 1 is 0.702 bits per heavy atom. The minimum atomic E-state index is -6.53. The quantitative estimate of drug-likeness (QED) is 0.307. The molecule has 9 nitrogen and oxygen atoms in total. The van der Waals surface area contributed by atoms with E-state index in [1.165, 1.54) is 15.4 Å². The summed E-state index contributed by atoms with van der Waals surface area (Å²) in [6, 6.07) is 6.36. The van der Waals surface area contributed by atoms with Crippen molar-refractivity contribution in [3.63, 3.8) is 0 Å². The second kappa shape index (κ2) is 16.8. The zero-order valence-electron chi connectivity index (χ0n) is 31.4. The van der Waals surface area contributed by atoms with Crippen LogP contribution < -0.4 is 10.6 Å². The average molecular weight is 824 g/mol. The summed E-state index contributed by atoms with van der Waals surface area (Å²) in [5.41, 5.74) is -3.49. The molecule has 0 spiro atoms. The van der Waals surface area contributed by atoms with Crippen LogP contribution in [-0.2, 0) is 29.5 Å². The van der Waals surface area contributed by atoms with E-state index < -0.39 is 65.3 Å². The van der Waals surface area contributed by atoms with Crippen molar-refractivity contribution >= 4 is 17.6 Å². The van der Waals surface area contributed by atoms with Gasteiger partial charge in [-0.25, -0.2) is 4.79 Å². The number of para-hydroxylation sites is 1. The summed E-state index contributed by atoms with van der Waals surface area (Å²) in [4.78, 5) is 37.5. The lowest BCUT2D eigenvalue weighted by atomic mass is 9.91. The number of carbonyl (C=O) groups excluding carboxylic acids is 2. The van der Waals surface area contributed by atoms with Crippen LogP contribution in [0.5, 0.6) is 0 Å². The average Bonchev–Trinajstić information content (AvgIpc) is 3.40. The normalized spacial score (nSPS) is 21.1. The fraction of sp³-hybridized carbons (Fsp3) is 0.632. The number of hydrogen-bond acceptors (Lipinski definition) is 6. The molecule has 4 aliphatic rings. The molecule has 0 saturated carbocycles. The Balaban J connectivity index is 1.20. The highest BCUT2D eigenvalue weighted by atomic mass is 19.4. The minimum absolute atomic E-state index is 0.0759. The van der Waals surface area contributed by atoms with Crippen molar-refractivity contribution < 1.29 is 53.5 Å². The monoisotopic (exact) mass is 823 g/mol. The number of benzene rings is 2. The van der Waals surface area contributed by atoms with Crippen LogP contribution in [0.2, 0.25) is 0 Å². The number of alkyl halides is 10. The van der Waals surface area contributed by atoms with E-state index in [0.717, 1.165) is 44.8 Å². The molecule has 3 saturated heterocycles. The number of nitrogens with one attached hydrogen (secondary N) is 2. The smallest absolute Gasteiger partial charge is 0.372 e. The van der Waals surface area contributed by atoms with E-state index in [4.69, 9.17) is 0 Å². The molecule has 3 amide bonds. The summed E-state index contributed by atoms with van der Waals surface area (Å²) in [7, 11) is 2.02. The lowest BCUT2D eigenvalue weighted by Gasteiger charge is -2.42. The van der Waals surface area contributed by atoms with Crippen LogP contribution in [0.1, 0.15) is 47.9 Å². The van der Waals surface area contributed by atoms with Crippen LogP contribution >= 0.6 is 0 Å². The van der Waals surface area contributed by atoms with Crippen LogP contribution in [-0.4, -0.2) is 140 Å². The molecule has 57 heavy (non-hydrogen) atoms. The summed E-state index contributed by atoms with van der Waals surface area (Å²) in [5.74, 6) is -12.9. The Bertz CT molecular complexity index is 1690. The SMILES string of the molecule is CN1CCN(C2CCN(C(=O)[C@@H](Cc3ccc(C(F)(F)C(F)(F)F)c(C(F)(F)C(F)(F)F)c3)NC(=O)N3CCC(N4CCc5ccccc5NC4)CC3)CC2)CC1. The molecular formula is C38H47F10N7O2. The first-order valence-electron chi connectivity index (χ1n) is 19.1. The zero-order valence-corrected chi connectivity index (χ0v) is 31.4. The van der Waals surface area contributed by atoms with E-state index in [0.29, 0.717) is 38.4 Å². The summed E-state index contributed by atoms with van der Waals surface area (Å²) in [6.07, 6.45) is -10.6. The van der Waals surface area contributed by atoms with Gasteiger partial charge >= 0.3 is 30.2 Å². The molecule has 3 fully saturated rings. The van der Waals surface area contributed by atoms with Gasteiger partial charge in [0.05, 0.1) is 6.67 Å². The van der Waals surface area contributed by atoms with Crippen molar-refractivity contribution in [2.75, 3.05) is 77.9 Å². The number of piperidine rings is 2. The number of amides is 3. The molecule has 2 N–H and O–H groups in total. The third-order valence-electron chi connectivity index (χ3n) is 11.8. The van der Waals surface area contributed by atoms with Crippen LogP contribution in [0.3, 0.4) is 0 Å². The molecule has 19 heteroatoms. The fourth-order valence-electron chi connectivity index (χ4n) is 8.28. The third kappa shape index (κ3) is 9.40. The number of fused-ring (bicyclic) bond motifs is 1. The Morgan fingerprint density at radius 3 is 1.88 bits per heavy atom. The Morgan fingerprint density at radius 2 is 1.26 bits per heavy atom. The van der Waals surface area contributed by atoms with Gasteiger partial charge in [-0.05, 0) is 62.4 Å². The van der Waals surface area contributed by atoms with Crippen LogP contribution in [0.4, 0.5) is 54.4 Å². The second-order valence-corrected chi connectivity index (χ2v) is 15.4. The van der Waals surface area contributed by atoms with Gasteiger partial charge in [-0.15, -0.1) is 0 Å². The number of rotatable bonds is 8. The van der Waals surface area contributed by atoms with Crippen molar-refractivity contribution in [3.8, 4) is 0 Å². The van der Waals surface area contributed by atoms with E-state index in [1.54, 1.807) is 0 Å². The van der Waals surface area contributed by atoms with E-state index in [1.807, 2.05) is 25.2 Å². The van der Waals surface area contributed by atoms with E-state index in [-0.39, 0.29) is 50.4 Å². The van der Waals surface area contributed by atoms with Crippen molar-refractivity contribution in [1.82, 2.24) is 29.8 Å². The van der Waals surface area contributed by atoms with E-state index in [9.17, 15) is 53.5 Å². The van der Waals surface area contributed by atoms with E-state index in [2.05, 4.69) is 31.4 Å². The topological polar surface area (TPSA) is 74.4 Å². The van der Waals surface area contributed by atoms with Gasteiger partial charge in [-0.2, -0.15) is 43.9 Å². The maximum atomic E-state index is 14.7. The Hall–Kier alpha value is -3.84. The van der Waals surface area contributed by atoms with Gasteiger partial charge in [0.1, 0.15) is 6.04 Å². The van der Waals surface area contributed by atoms with Crippen LogP contribution in [0.15, 0.2) is 42.5 Å². The van der Waals surface area contributed by atoms with Gasteiger partial charge in [-0.1, -0.05) is 30.3 Å². The first-order valence-corrected chi connectivity index (χ1v) is 19.1. The van der Waals surface area contributed by atoms with Gasteiger partial charge in [-0.3, -0.25) is 14.6 Å². The first-order chi connectivity index (χ1) is 26.8. The lowest BCUT2D eigenvalue weighted by Crippen LogP contribution is -2.58. The largest absolute Gasteiger partial charge is 0.458 e. The first kappa shape index (κ1) is 42.8. The number of likely N-dealkylation sites (tertiary alicyclic amines) is 2. The highest BCUT2D eigenvalue weighted by Crippen LogP contribution is 2.52. The van der Waals surface area contributed by atoms with Gasteiger partial charge in [0.2, 0.25) is 5.91 Å². The molecule has 0 radical (unpaired) electrons. The standard InChI is InChI=1S/C38H47F10N7O2/c1-51-18-20-52(21-19-51)27-9-14-53(15-10-27)33(56)32(23-25-6-7-29(35(39,40)37(43,44)45)30(22-25)36(41,42)38(46,47)48)50-34(57)54-16-11-28(12-17-54)55-13-8-26-4-2-3-5-31(26)49-24-55/h2-7,22,27-28,32,49H,8-21,23-24H2,1H3,(H,50,57)/t32-/m1/s1. The van der Waals surface area contributed by atoms with Gasteiger partial charge in [0.15, 0.2) is 0 Å². The van der Waals surface area contributed by atoms with Crippen LogP contribution in [0, 0.1) is 0 Å². The fourth-order valence-corrected chi connectivity index (χ4v) is 8.28. The van der Waals surface area contributed by atoms with Gasteiger partial charge in [0.25, 0.3) is 0 Å². The molecule has 4 heterocycles. The number of carbonyl (C=O) groups is 2. The summed E-state index contributed by atoms with van der Waals surface area (Å²) in [6.45, 7) is 5.84. The Kier molecular flexibility index (Phi) is 12.6. The highest BCUT2D eigenvalue weighted by molar-refractivity contribution is 5.87. The van der Waals surface area contributed by atoms with Gasteiger partial charge in [0, 0.05) is 94.2 Å². The second-order valence-electron chi connectivity index (χ2n) is 15.4. The number of halogens is 10. The van der Waals surface area contributed by atoms with Crippen LogP contribution in [0.25, 0.3) is 0 Å². The minimum Gasteiger partial charge on any atom is -0.372 e. The predicted molar refractivity (Wildman–Crippen MR) is 191 cm³/mol. The maximum absolute atomic E-state index is 14.7. The van der Waals surface area contributed by atoms with Crippen molar-refractivity contribution in [2.45, 2.75) is 80.8 Å². The molecule has 1 atom stereocenters. The summed E-state index contributed by atoms with van der Waals surface area (Å²) >= 11 is 0. The molecule has 2 aromatic carbocycles. The Labute approximate surface area is 324 Å². The molecule has 0 aromatic heterocycles. The summed E-state index contributed by atoms with van der Waals surface area (Å²) in [5, 5.41) is 6.04. The number of hydrogen-bond donors (Lipinski definition) is 2. The molecular weight excluding hydrogens is 776 g/mol. The van der Waals surface area contributed by atoms with Crippen molar-refractivity contribution in [1.29, 1.82) is 0 Å². The maximum Gasteiger partial charge on any atom is 0.458 e. The third-order valence-corrected chi connectivity index (χ3v) is 11.8. The molecule has 6 rings (SSSR count). The molecule has 4 aliphatic heterocycles. The number of likely N-dealkylation sites (N-methyl/N-ethyl adjacent to an activating group) is 1. The molecule has 0 bridgehead atoms. The predicted octanol–water partition coefficient (Wildman–Crippen LogP) is 6.25. The van der Waals surface area contributed by atoms with Crippen molar-refractivity contribution in [3.05, 3.63) is 64.7 Å². The van der Waals surface area contributed by atoms with Crippen molar-refractivity contribution in [2.24, 2.45) is 0 Å². The van der Waals surface area contributed by atoms with Gasteiger partial charge < -0.3 is 25.3 Å². The molecule has 316 valence electrons. The number of anilines is 1. The summed E-state index contributed by atoms with van der Waals surface area (Å²) < 4.78 is 139. The lowest BCUT2D eigenvalue weighted by molar-refractivity contribution is -0.301. The molecule has 0 aliphatic carbocycles. The van der Waals surface area contributed by atoms with E-state index >= 15 is 0 Å². The molecule has 0 unspecified atom stereocenters.